The Bertz CT molecular complexity index is 556. The van der Waals surface area contributed by atoms with Crippen molar-refractivity contribution in [1.82, 2.24) is 9.78 Å². The number of nitrogen functional groups attached to an aromatic ring is 1. The van der Waals surface area contributed by atoms with Gasteiger partial charge in [-0.1, -0.05) is 6.92 Å². The van der Waals surface area contributed by atoms with Gasteiger partial charge in [-0.25, -0.2) is 13.1 Å². The first-order chi connectivity index (χ1) is 8.45. The van der Waals surface area contributed by atoms with E-state index in [0.717, 1.165) is 0 Å². The number of nitrogens with one attached hydrogen (secondary N) is 1. The first kappa shape index (κ1) is 14.3. The third kappa shape index (κ3) is 3.13. The number of aromatic nitrogens is 2. The van der Waals surface area contributed by atoms with Gasteiger partial charge in [0.1, 0.15) is 17.5 Å². The molecule has 1 heterocycles. The molecule has 0 radical (unpaired) electrons. The molecule has 3 N–H and O–H groups in total. The largest absolute Gasteiger partial charge is 0.383 e. The smallest absolute Gasteiger partial charge is 0.168 e. The van der Waals surface area contributed by atoms with Crippen LogP contribution in [-0.4, -0.2) is 36.2 Å². The molecule has 0 amide bonds. The maximum Gasteiger partial charge on any atom is 0.168 e. The predicted octanol–water partition coefficient (Wildman–Crippen LogP) is 0.203. The van der Waals surface area contributed by atoms with Crippen molar-refractivity contribution in [3.63, 3.8) is 0 Å². The quantitative estimate of drug-likeness (QED) is 0.764. The summed E-state index contributed by atoms with van der Waals surface area (Å²) in [6.07, 6.45) is 0. The zero-order valence-corrected chi connectivity index (χ0v) is 11.3. The van der Waals surface area contributed by atoms with Crippen LogP contribution in [0.5, 0.6) is 0 Å². The van der Waals surface area contributed by atoms with Crippen molar-refractivity contribution in [2.24, 2.45) is 0 Å². The van der Waals surface area contributed by atoms with Crippen molar-refractivity contribution in [2.75, 3.05) is 29.1 Å². The fourth-order valence-corrected chi connectivity index (χ4v) is 2.16. The molecule has 0 saturated heterocycles. The summed E-state index contributed by atoms with van der Waals surface area (Å²) in [6.45, 7) is 4.23. The standard InChI is InChI=1S/C10H17N5O2S/c1-3-13-10-8(7-11)9(12)15(14-10)5-6-18(16,17)4-2/h3-6,12H2,1-2H3,(H,13,14). The summed E-state index contributed by atoms with van der Waals surface area (Å²) in [7, 11) is -3.08. The van der Waals surface area contributed by atoms with Crippen LogP contribution in [0.25, 0.3) is 0 Å². The third-order valence-corrected chi connectivity index (χ3v) is 4.19. The van der Waals surface area contributed by atoms with E-state index in [2.05, 4.69) is 10.4 Å². The van der Waals surface area contributed by atoms with E-state index in [1.54, 1.807) is 6.92 Å². The van der Waals surface area contributed by atoms with Crippen LogP contribution in [0.1, 0.15) is 19.4 Å². The molecule has 100 valence electrons. The molecule has 7 nitrogen and oxygen atoms in total. The van der Waals surface area contributed by atoms with Crippen molar-refractivity contribution in [3.05, 3.63) is 5.56 Å². The van der Waals surface area contributed by atoms with Gasteiger partial charge in [0.05, 0.1) is 12.3 Å². The predicted molar refractivity (Wildman–Crippen MR) is 69.8 cm³/mol. The second-order valence-electron chi connectivity index (χ2n) is 3.71. The average molecular weight is 271 g/mol. The van der Waals surface area contributed by atoms with Gasteiger partial charge in [-0.05, 0) is 6.92 Å². The molecule has 0 aliphatic rings. The van der Waals surface area contributed by atoms with Gasteiger partial charge in [-0.3, -0.25) is 0 Å². The summed E-state index contributed by atoms with van der Waals surface area (Å²) in [5.41, 5.74) is 6.01. The minimum atomic E-state index is -3.08. The highest BCUT2D eigenvalue weighted by Crippen LogP contribution is 2.20. The molecule has 8 heteroatoms. The van der Waals surface area contributed by atoms with Crippen LogP contribution in [0.4, 0.5) is 11.6 Å². The van der Waals surface area contributed by atoms with Crippen LogP contribution in [0.3, 0.4) is 0 Å². The second kappa shape index (κ2) is 5.73. The molecule has 0 bridgehead atoms. The van der Waals surface area contributed by atoms with Crippen LogP contribution >= 0.6 is 0 Å². The minimum Gasteiger partial charge on any atom is -0.383 e. The maximum atomic E-state index is 11.4. The number of nitriles is 1. The summed E-state index contributed by atoms with van der Waals surface area (Å²) < 4.78 is 24.2. The highest BCUT2D eigenvalue weighted by Gasteiger charge is 2.16. The molecule has 0 aliphatic heterocycles. The molecule has 18 heavy (non-hydrogen) atoms. The normalized spacial score (nSPS) is 11.2. The summed E-state index contributed by atoms with van der Waals surface area (Å²) in [6, 6.07) is 1.96. The van der Waals surface area contributed by atoms with E-state index in [9.17, 15) is 8.42 Å². The van der Waals surface area contributed by atoms with Crippen molar-refractivity contribution >= 4 is 21.5 Å². The van der Waals surface area contributed by atoms with Gasteiger partial charge < -0.3 is 11.1 Å². The van der Waals surface area contributed by atoms with E-state index in [0.29, 0.717) is 12.4 Å². The van der Waals surface area contributed by atoms with E-state index in [1.807, 2.05) is 13.0 Å². The Kier molecular flexibility index (Phi) is 4.55. The van der Waals surface area contributed by atoms with Crippen LogP contribution in [0.2, 0.25) is 0 Å². The van der Waals surface area contributed by atoms with Gasteiger partial charge in [0.15, 0.2) is 15.7 Å². The number of nitrogens with zero attached hydrogens (tertiary/aromatic N) is 3. The van der Waals surface area contributed by atoms with Crippen LogP contribution in [-0.2, 0) is 16.4 Å². The van der Waals surface area contributed by atoms with E-state index in [-0.39, 0.29) is 29.4 Å². The Morgan fingerprint density at radius 2 is 2.17 bits per heavy atom. The number of hydrogen-bond acceptors (Lipinski definition) is 6. The van der Waals surface area contributed by atoms with Gasteiger partial charge in [-0.15, -0.1) is 0 Å². The van der Waals surface area contributed by atoms with E-state index < -0.39 is 9.84 Å². The lowest BCUT2D eigenvalue weighted by Crippen LogP contribution is -2.16. The Morgan fingerprint density at radius 3 is 2.67 bits per heavy atom. The molecule has 0 spiro atoms. The van der Waals surface area contributed by atoms with Crippen LogP contribution in [0.15, 0.2) is 0 Å². The third-order valence-electron chi connectivity index (χ3n) is 2.50. The number of anilines is 2. The molecule has 0 fully saturated rings. The first-order valence-electron chi connectivity index (χ1n) is 5.65. The lowest BCUT2D eigenvalue weighted by molar-refractivity contribution is 0.583. The summed E-state index contributed by atoms with van der Waals surface area (Å²) in [5, 5.41) is 16.0. The van der Waals surface area contributed by atoms with Gasteiger partial charge in [0.2, 0.25) is 0 Å². The Labute approximate surface area is 107 Å². The summed E-state index contributed by atoms with van der Waals surface area (Å²) in [5.74, 6) is 0.636. The SMILES string of the molecule is CCNc1nn(CCS(=O)(=O)CC)c(N)c1C#N. The van der Waals surface area contributed by atoms with Gasteiger partial charge >= 0.3 is 0 Å². The zero-order valence-electron chi connectivity index (χ0n) is 10.5. The summed E-state index contributed by atoms with van der Waals surface area (Å²) >= 11 is 0. The van der Waals surface area contributed by atoms with Crippen molar-refractivity contribution in [2.45, 2.75) is 20.4 Å². The number of rotatable bonds is 6. The highest BCUT2D eigenvalue weighted by molar-refractivity contribution is 7.91. The zero-order chi connectivity index (χ0) is 13.8. The number of hydrogen-bond donors (Lipinski definition) is 2. The van der Waals surface area contributed by atoms with Crippen molar-refractivity contribution in [1.29, 1.82) is 5.26 Å². The maximum absolute atomic E-state index is 11.4. The van der Waals surface area contributed by atoms with Crippen LogP contribution in [0, 0.1) is 11.3 Å². The Balaban J connectivity index is 2.95. The second-order valence-corrected chi connectivity index (χ2v) is 6.18. The number of nitrogens with two attached hydrogens (primary N) is 1. The van der Waals surface area contributed by atoms with Gasteiger partial charge in [0.25, 0.3) is 0 Å². The van der Waals surface area contributed by atoms with Gasteiger partial charge in [-0.2, -0.15) is 10.4 Å². The molecule has 1 rings (SSSR count). The molecule has 0 aliphatic carbocycles. The minimum absolute atomic E-state index is 0.0359. The van der Waals surface area contributed by atoms with Crippen molar-refractivity contribution < 1.29 is 8.42 Å². The Hall–Kier alpha value is -1.75. The molecular weight excluding hydrogens is 254 g/mol. The fourth-order valence-electron chi connectivity index (χ4n) is 1.42. The lowest BCUT2D eigenvalue weighted by atomic mass is 10.3. The van der Waals surface area contributed by atoms with E-state index in [1.165, 1.54) is 4.68 Å². The molecule has 0 atom stereocenters. The lowest BCUT2D eigenvalue weighted by Gasteiger charge is -2.03. The van der Waals surface area contributed by atoms with E-state index >= 15 is 0 Å². The molecular formula is C10H17N5O2S. The Morgan fingerprint density at radius 1 is 1.50 bits per heavy atom. The van der Waals surface area contributed by atoms with E-state index in [4.69, 9.17) is 11.0 Å². The molecule has 1 aromatic heterocycles. The average Bonchev–Trinajstić information content (AvgIpc) is 2.63. The number of sulfone groups is 1. The fraction of sp³-hybridized carbons (Fsp3) is 0.600. The molecule has 1 aromatic rings. The monoisotopic (exact) mass is 271 g/mol. The topological polar surface area (TPSA) is 114 Å². The summed E-state index contributed by atoms with van der Waals surface area (Å²) in [4.78, 5) is 0. The highest BCUT2D eigenvalue weighted by atomic mass is 32.2. The molecule has 0 unspecified atom stereocenters. The molecule has 0 aromatic carbocycles. The molecule has 0 saturated carbocycles. The first-order valence-corrected chi connectivity index (χ1v) is 7.48. The van der Waals surface area contributed by atoms with Crippen molar-refractivity contribution in [3.8, 4) is 6.07 Å². The van der Waals surface area contributed by atoms with Gasteiger partial charge in [0, 0.05) is 12.3 Å². The number of aryl methyl sites for hydroxylation is 1. The van der Waals surface area contributed by atoms with Crippen LogP contribution < -0.4 is 11.1 Å².